The Hall–Kier alpha value is -1.63. The number of aromatic nitrogens is 1. The lowest BCUT2D eigenvalue weighted by molar-refractivity contribution is 0.476. The molecule has 130 valence electrons. The van der Waals surface area contributed by atoms with Gasteiger partial charge in [0.25, 0.3) is 0 Å². The van der Waals surface area contributed by atoms with Gasteiger partial charge in [-0.3, -0.25) is 9.98 Å². The number of halogens is 1. The molecular formula is C19H27IN4. The summed E-state index contributed by atoms with van der Waals surface area (Å²) in [6.07, 6.45) is 1.07. The molecule has 0 fully saturated rings. The number of hydrogen-bond donors (Lipinski definition) is 1. The number of rotatable bonds is 5. The van der Waals surface area contributed by atoms with Gasteiger partial charge in [-0.25, -0.2) is 0 Å². The maximum Gasteiger partial charge on any atom is 0.194 e. The zero-order chi connectivity index (χ0) is 16.7. The third-order valence-corrected chi connectivity index (χ3v) is 3.80. The molecule has 0 saturated heterocycles. The smallest absolute Gasteiger partial charge is 0.194 e. The van der Waals surface area contributed by atoms with Crippen molar-refractivity contribution in [2.45, 2.75) is 33.4 Å². The molecule has 0 aliphatic carbocycles. The van der Waals surface area contributed by atoms with Crippen molar-refractivity contribution in [3.8, 4) is 0 Å². The van der Waals surface area contributed by atoms with E-state index in [4.69, 9.17) is 0 Å². The minimum atomic E-state index is 0. The van der Waals surface area contributed by atoms with Crippen LogP contribution in [0.15, 0.2) is 47.5 Å². The first-order chi connectivity index (χ1) is 11.1. The fourth-order valence-corrected chi connectivity index (χ4v) is 2.48. The number of benzene rings is 1. The van der Waals surface area contributed by atoms with Gasteiger partial charge in [0.1, 0.15) is 0 Å². The third-order valence-electron chi connectivity index (χ3n) is 3.80. The standard InChI is InChI=1S/C19H26N4.HI/c1-5-16-9-11-17(12-10-16)14-23(4)19(20-3)21-13-18-8-6-7-15(2)22-18;/h6-12H,5,13-14H2,1-4H3,(H,20,21);1H. The summed E-state index contributed by atoms with van der Waals surface area (Å²) in [5.74, 6) is 0.868. The van der Waals surface area contributed by atoms with Crippen molar-refractivity contribution in [2.75, 3.05) is 14.1 Å². The molecule has 0 aliphatic rings. The molecule has 1 heterocycles. The average molecular weight is 438 g/mol. The quantitative estimate of drug-likeness (QED) is 0.439. The number of nitrogens with one attached hydrogen (secondary N) is 1. The molecule has 0 aliphatic heterocycles. The number of aryl methyl sites for hydroxylation is 2. The van der Waals surface area contributed by atoms with Crippen molar-refractivity contribution in [1.82, 2.24) is 15.2 Å². The lowest BCUT2D eigenvalue weighted by Crippen LogP contribution is -2.38. The van der Waals surface area contributed by atoms with E-state index in [1.165, 1.54) is 11.1 Å². The molecule has 2 rings (SSSR count). The van der Waals surface area contributed by atoms with Gasteiger partial charge in [-0.2, -0.15) is 0 Å². The van der Waals surface area contributed by atoms with E-state index in [-0.39, 0.29) is 24.0 Å². The number of hydrogen-bond acceptors (Lipinski definition) is 2. The summed E-state index contributed by atoms with van der Waals surface area (Å²) in [7, 11) is 3.86. The number of pyridine rings is 1. The van der Waals surface area contributed by atoms with Crippen LogP contribution >= 0.6 is 24.0 Å². The number of guanidine groups is 1. The van der Waals surface area contributed by atoms with Gasteiger partial charge in [-0.1, -0.05) is 37.3 Å². The van der Waals surface area contributed by atoms with E-state index in [1.54, 1.807) is 0 Å². The first-order valence-corrected chi connectivity index (χ1v) is 8.04. The monoisotopic (exact) mass is 438 g/mol. The van der Waals surface area contributed by atoms with Crippen molar-refractivity contribution in [2.24, 2.45) is 4.99 Å². The minimum Gasteiger partial charge on any atom is -0.351 e. The highest BCUT2D eigenvalue weighted by Crippen LogP contribution is 2.07. The molecule has 1 aromatic heterocycles. The summed E-state index contributed by atoms with van der Waals surface area (Å²) in [5.41, 5.74) is 4.70. The highest BCUT2D eigenvalue weighted by molar-refractivity contribution is 14.0. The number of nitrogens with zero attached hydrogens (tertiary/aromatic N) is 3. The Bertz CT molecular complexity index is 653. The van der Waals surface area contributed by atoms with E-state index in [0.29, 0.717) is 6.54 Å². The zero-order valence-corrected chi connectivity index (χ0v) is 17.2. The van der Waals surface area contributed by atoms with Crippen LogP contribution in [0, 0.1) is 6.92 Å². The molecule has 0 radical (unpaired) electrons. The normalized spacial score (nSPS) is 10.9. The van der Waals surface area contributed by atoms with Crippen LogP contribution < -0.4 is 5.32 Å². The summed E-state index contributed by atoms with van der Waals surface area (Å²) in [4.78, 5) is 11.0. The van der Waals surface area contributed by atoms with Gasteiger partial charge in [0.15, 0.2) is 5.96 Å². The summed E-state index contributed by atoms with van der Waals surface area (Å²) in [6, 6.07) is 14.8. The summed E-state index contributed by atoms with van der Waals surface area (Å²) >= 11 is 0. The fraction of sp³-hybridized carbons (Fsp3) is 0.368. The molecule has 1 N–H and O–H groups in total. The van der Waals surface area contributed by atoms with Crippen molar-refractivity contribution < 1.29 is 0 Å². The lowest BCUT2D eigenvalue weighted by atomic mass is 10.1. The van der Waals surface area contributed by atoms with Crippen LogP contribution in [-0.4, -0.2) is 29.9 Å². The van der Waals surface area contributed by atoms with Gasteiger partial charge in [0.2, 0.25) is 0 Å². The molecule has 4 nitrogen and oxygen atoms in total. The maximum atomic E-state index is 4.51. The van der Waals surface area contributed by atoms with Crippen LogP contribution in [0.2, 0.25) is 0 Å². The molecule has 0 amide bonds. The van der Waals surface area contributed by atoms with E-state index >= 15 is 0 Å². The first-order valence-electron chi connectivity index (χ1n) is 8.04. The van der Waals surface area contributed by atoms with Crippen LogP contribution in [0.3, 0.4) is 0 Å². The molecule has 0 unspecified atom stereocenters. The van der Waals surface area contributed by atoms with E-state index in [9.17, 15) is 0 Å². The first kappa shape index (κ1) is 20.4. The van der Waals surface area contributed by atoms with Crippen LogP contribution in [0.1, 0.15) is 29.4 Å². The van der Waals surface area contributed by atoms with E-state index in [0.717, 1.165) is 30.3 Å². The minimum absolute atomic E-state index is 0. The highest BCUT2D eigenvalue weighted by Gasteiger charge is 2.07. The van der Waals surface area contributed by atoms with Crippen LogP contribution in [-0.2, 0) is 19.5 Å². The zero-order valence-electron chi connectivity index (χ0n) is 14.9. The highest BCUT2D eigenvalue weighted by atomic mass is 127. The second-order valence-corrected chi connectivity index (χ2v) is 5.70. The third kappa shape index (κ3) is 6.11. The second kappa shape index (κ2) is 10.3. The van der Waals surface area contributed by atoms with Gasteiger partial charge in [-0.05, 0) is 36.6 Å². The van der Waals surface area contributed by atoms with Crippen molar-refractivity contribution in [3.05, 3.63) is 65.0 Å². The van der Waals surface area contributed by atoms with Crippen LogP contribution in [0.5, 0.6) is 0 Å². The number of aliphatic imine (C=N–C) groups is 1. The van der Waals surface area contributed by atoms with Gasteiger partial charge in [0, 0.05) is 26.3 Å². The molecule has 24 heavy (non-hydrogen) atoms. The van der Waals surface area contributed by atoms with Crippen LogP contribution in [0.4, 0.5) is 0 Å². The van der Waals surface area contributed by atoms with E-state index in [2.05, 4.69) is 51.4 Å². The predicted octanol–water partition coefficient (Wildman–Crippen LogP) is 3.78. The van der Waals surface area contributed by atoms with E-state index in [1.807, 2.05) is 39.2 Å². The van der Waals surface area contributed by atoms with Gasteiger partial charge >= 0.3 is 0 Å². The summed E-state index contributed by atoms with van der Waals surface area (Å²) in [5, 5.41) is 3.37. The molecule has 2 aromatic rings. The Morgan fingerprint density at radius 2 is 1.79 bits per heavy atom. The Morgan fingerprint density at radius 3 is 2.38 bits per heavy atom. The SMILES string of the molecule is CCc1ccc(CN(C)C(=NC)NCc2cccc(C)n2)cc1.I. The molecule has 5 heteroatoms. The second-order valence-electron chi connectivity index (χ2n) is 5.70. The van der Waals surface area contributed by atoms with E-state index < -0.39 is 0 Å². The largest absolute Gasteiger partial charge is 0.351 e. The molecule has 1 aromatic carbocycles. The predicted molar refractivity (Wildman–Crippen MR) is 112 cm³/mol. The average Bonchev–Trinajstić information content (AvgIpc) is 2.56. The molecule has 0 spiro atoms. The lowest BCUT2D eigenvalue weighted by Gasteiger charge is -2.22. The van der Waals surface area contributed by atoms with Gasteiger partial charge in [-0.15, -0.1) is 24.0 Å². The Kier molecular flexibility index (Phi) is 8.74. The van der Waals surface area contributed by atoms with Gasteiger partial charge in [0.05, 0.1) is 12.2 Å². The topological polar surface area (TPSA) is 40.5 Å². The Labute approximate surface area is 162 Å². The molecule has 0 bridgehead atoms. The van der Waals surface area contributed by atoms with Crippen molar-refractivity contribution >= 4 is 29.9 Å². The summed E-state index contributed by atoms with van der Waals surface area (Å²) in [6.45, 7) is 5.68. The molecule has 0 saturated carbocycles. The Morgan fingerprint density at radius 1 is 1.12 bits per heavy atom. The Balaban J connectivity index is 0.00000288. The molecular weight excluding hydrogens is 411 g/mol. The van der Waals surface area contributed by atoms with Gasteiger partial charge < -0.3 is 10.2 Å². The fourth-order valence-electron chi connectivity index (χ4n) is 2.48. The van der Waals surface area contributed by atoms with Crippen LogP contribution in [0.25, 0.3) is 0 Å². The van der Waals surface area contributed by atoms with Crippen molar-refractivity contribution in [3.63, 3.8) is 0 Å². The van der Waals surface area contributed by atoms with Crippen molar-refractivity contribution in [1.29, 1.82) is 0 Å². The molecule has 0 atom stereocenters. The summed E-state index contributed by atoms with van der Waals surface area (Å²) < 4.78 is 0. The maximum absolute atomic E-state index is 4.51.